The summed E-state index contributed by atoms with van der Waals surface area (Å²) in [4.78, 5) is 8.55. The second-order valence-electron chi connectivity index (χ2n) is 4.54. The van der Waals surface area contributed by atoms with E-state index < -0.39 is 0 Å². The molecule has 2 rings (SSSR count). The Morgan fingerprint density at radius 2 is 2.24 bits per heavy atom. The number of hydrogen-bond donors (Lipinski definition) is 3. The van der Waals surface area contributed by atoms with Gasteiger partial charge in [0.05, 0.1) is 6.10 Å². The average Bonchev–Trinajstić information content (AvgIpc) is 3.13. The van der Waals surface area contributed by atoms with Crippen LogP contribution in [0.25, 0.3) is 0 Å². The highest BCUT2D eigenvalue weighted by Gasteiger charge is 2.29. The van der Waals surface area contributed by atoms with Gasteiger partial charge < -0.3 is 15.7 Å². The van der Waals surface area contributed by atoms with E-state index in [9.17, 15) is 5.11 Å². The maximum absolute atomic E-state index is 9.79. The Kier molecular flexibility index (Phi) is 3.78. The molecule has 0 aliphatic heterocycles. The predicted octanol–water partition coefficient (Wildman–Crippen LogP) is 1.40. The third-order valence-corrected chi connectivity index (χ3v) is 2.95. The van der Waals surface area contributed by atoms with Gasteiger partial charge in [0.15, 0.2) is 0 Å². The molecule has 94 valence electrons. The van der Waals surface area contributed by atoms with Gasteiger partial charge in [-0.05, 0) is 32.6 Å². The van der Waals surface area contributed by atoms with Gasteiger partial charge in [0, 0.05) is 24.8 Å². The molecule has 1 heterocycles. The van der Waals surface area contributed by atoms with Crippen LogP contribution in [-0.4, -0.2) is 34.3 Å². The van der Waals surface area contributed by atoms with Gasteiger partial charge in [-0.15, -0.1) is 0 Å². The summed E-state index contributed by atoms with van der Waals surface area (Å²) < 4.78 is 0. The zero-order chi connectivity index (χ0) is 12.3. The van der Waals surface area contributed by atoms with Crippen molar-refractivity contribution in [3.05, 3.63) is 11.8 Å². The number of nitrogens with one attached hydrogen (secondary N) is 2. The van der Waals surface area contributed by atoms with Crippen molar-refractivity contribution in [3.8, 4) is 0 Å². The number of anilines is 2. The molecule has 1 fully saturated rings. The first kappa shape index (κ1) is 12.1. The molecule has 0 saturated heterocycles. The van der Waals surface area contributed by atoms with Crippen LogP contribution in [0.2, 0.25) is 0 Å². The lowest BCUT2D eigenvalue weighted by Crippen LogP contribution is -2.22. The number of aromatic nitrogens is 2. The van der Waals surface area contributed by atoms with E-state index >= 15 is 0 Å². The van der Waals surface area contributed by atoms with E-state index in [0.717, 1.165) is 30.8 Å². The summed E-state index contributed by atoms with van der Waals surface area (Å²) in [6, 6.07) is 0. The van der Waals surface area contributed by atoms with E-state index in [-0.39, 0.29) is 6.10 Å². The van der Waals surface area contributed by atoms with Crippen LogP contribution >= 0.6 is 0 Å². The monoisotopic (exact) mass is 236 g/mol. The molecule has 1 aliphatic rings. The summed E-state index contributed by atoms with van der Waals surface area (Å²) in [7, 11) is 0. The third kappa shape index (κ3) is 3.30. The molecule has 1 aliphatic carbocycles. The second-order valence-corrected chi connectivity index (χ2v) is 4.54. The molecule has 0 bridgehead atoms. The number of aliphatic hydroxyl groups excluding tert-OH is 1. The van der Waals surface area contributed by atoms with E-state index in [0.29, 0.717) is 18.4 Å². The quantitative estimate of drug-likeness (QED) is 0.696. The van der Waals surface area contributed by atoms with Gasteiger partial charge in [-0.25, -0.2) is 4.98 Å². The van der Waals surface area contributed by atoms with E-state index in [1.165, 1.54) is 0 Å². The van der Waals surface area contributed by atoms with Crippen LogP contribution in [0.3, 0.4) is 0 Å². The number of nitrogens with zero attached hydrogens (tertiary/aromatic N) is 2. The zero-order valence-corrected chi connectivity index (χ0v) is 10.4. The molecule has 0 amide bonds. The van der Waals surface area contributed by atoms with Gasteiger partial charge in [0.1, 0.15) is 5.82 Å². The van der Waals surface area contributed by atoms with Crippen molar-refractivity contribution < 1.29 is 5.11 Å². The Morgan fingerprint density at radius 3 is 2.88 bits per heavy atom. The lowest BCUT2D eigenvalue weighted by Gasteiger charge is -2.13. The van der Waals surface area contributed by atoms with E-state index in [4.69, 9.17) is 0 Å². The summed E-state index contributed by atoms with van der Waals surface area (Å²) in [6.45, 7) is 5.33. The molecular weight excluding hydrogens is 216 g/mol. The Morgan fingerprint density at radius 1 is 1.47 bits per heavy atom. The summed E-state index contributed by atoms with van der Waals surface area (Å²) in [5.74, 6) is 1.91. The van der Waals surface area contributed by atoms with Crippen molar-refractivity contribution in [1.29, 1.82) is 0 Å². The van der Waals surface area contributed by atoms with Crippen LogP contribution in [0.5, 0.6) is 0 Å². The Bertz CT molecular complexity index is 379. The summed E-state index contributed by atoms with van der Waals surface area (Å²) in [5, 5.41) is 16.1. The van der Waals surface area contributed by atoms with Gasteiger partial charge in [-0.2, -0.15) is 4.98 Å². The summed E-state index contributed by atoms with van der Waals surface area (Å²) in [5.41, 5.74) is 0.995. The summed E-state index contributed by atoms with van der Waals surface area (Å²) in [6.07, 6.45) is 3.83. The minimum atomic E-state index is -0.257. The Balaban J connectivity index is 1.95. The van der Waals surface area contributed by atoms with Crippen molar-refractivity contribution in [3.63, 3.8) is 0 Å². The fraction of sp³-hybridized carbons (Fsp3) is 0.667. The zero-order valence-electron chi connectivity index (χ0n) is 10.4. The molecule has 5 nitrogen and oxygen atoms in total. The molecular formula is C12H20N4O. The van der Waals surface area contributed by atoms with Crippen molar-refractivity contribution in [2.45, 2.75) is 32.8 Å². The molecule has 3 N–H and O–H groups in total. The van der Waals surface area contributed by atoms with Crippen LogP contribution in [0.4, 0.5) is 11.8 Å². The largest absolute Gasteiger partial charge is 0.391 e. The SMILES string of the molecule is CCNc1ncc(C)c(NCC(O)C2CC2)n1. The molecule has 1 unspecified atom stereocenters. The van der Waals surface area contributed by atoms with Crippen molar-refractivity contribution in [2.75, 3.05) is 23.7 Å². The predicted molar refractivity (Wildman–Crippen MR) is 68.2 cm³/mol. The fourth-order valence-corrected chi connectivity index (χ4v) is 1.71. The average molecular weight is 236 g/mol. The maximum Gasteiger partial charge on any atom is 0.224 e. The number of aliphatic hydroxyl groups is 1. The molecule has 17 heavy (non-hydrogen) atoms. The van der Waals surface area contributed by atoms with Gasteiger partial charge in [0.2, 0.25) is 5.95 Å². The highest BCUT2D eigenvalue weighted by atomic mass is 16.3. The Hall–Kier alpha value is -1.36. The minimum Gasteiger partial charge on any atom is -0.391 e. The van der Waals surface area contributed by atoms with Gasteiger partial charge in [-0.1, -0.05) is 0 Å². The van der Waals surface area contributed by atoms with E-state index in [2.05, 4.69) is 20.6 Å². The van der Waals surface area contributed by atoms with Crippen LogP contribution in [0.1, 0.15) is 25.3 Å². The molecule has 0 aromatic carbocycles. The van der Waals surface area contributed by atoms with E-state index in [1.807, 2.05) is 13.8 Å². The maximum atomic E-state index is 9.79. The van der Waals surface area contributed by atoms with Crippen LogP contribution in [0.15, 0.2) is 6.20 Å². The van der Waals surface area contributed by atoms with Crippen LogP contribution < -0.4 is 10.6 Å². The first-order chi connectivity index (χ1) is 8.20. The fourth-order valence-electron chi connectivity index (χ4n) is 1.71. The molecule has 1 aromatic rings. The van der Waals surface area contributed by atoms with Gasteiger partial charge >= 0.3 is 0 Å². The normalized spacial score (nSPS) is 16.6. The standard InChI is InChI=1S/C12H20N4O/c1-3-13-12-15-6-8(2)11(16-12)14-7-10(17)9-4-5-9/h6,9-10,17H,3-5,7H2,1-2H3,(H2,13,14,15,16). The molecule has 1 atom stereocenters. The molecule has 1 aromatic heterocycles. The van der Waals surface area contributed by atoms with Crippen molar-refractivity contribution >= 4 is 11.8 Å². The summed E-state index contributed by atoms with van der Waals surface area (Å²) >= 11 is 0. The minimum absolute atomic E-state index is 0.257. The molecule has 1 saturated carbocycles. The van der Waals surface area contributed by atoms with Gasteiger partial charge in [-0.3, -0.25) is 0 Å². The Labute approximate surface area is 102 Å². The van der Waals surface area contributed by atoms with Crippen LogP contribution in [-0.2, 0) is 0 Å². The molecule has 0 spiro atoms. The number of aryl methyl sites for hydroxylation is 1. The van der Waals surface area contributed by atoms with Gasteiger partial charge in [0.25, 0.3) is 0 Å². The van der Waals surface area contributed by atoms with Crippen LogP contribution in [0, 0.1) is 12.8 Å². The second kappa shape index (κ2) is 5.31. The topological polar surface area (TPSA) is 70.1 Å². The van der Waals surface area contributed by atoms with Crippen molar-refractivity contribution in [2.24, 2.45) is 5.92 Å². The highest BCUT2D eigenvalue weighted by Crippen LogP contribution is 2.32. The number of rotatable bonds is 6. The first-order valence-electron chi connectivity index (χ1n) is 6.20. The highest BCUT2D eigenvalue weighted by molar-refractivity contribution is 5.46. The smallest absolute Gasteiger partial charge is 0.224 e. The lowest BCUT2D eigenvalue weighted by atomic mass is 10.2. The first-order valence-corrected chi connectivity index (χ1v) is 6.20. The van der Waals surface area contributed by atoms with Crippen molar-refractivity contribution in [1.82, 2.24) is 9.97 Å². The molecule has 0 radical (unpaired) electrons. The number of hydrogen-bond acceptors (Lipinski definition) is 5. The van der Waals surface area contributed by atoms with E-state index in [1.54, 1.807) is 6.20 Å². The lowest BCUT2D eigenvalue weighted by molar-refractivity contribution is 0.164. The molecule has 5 heteroatoms. The third-order valence-electron chi connectivity index (χ3n) is 2.95.